The van der Waals surface area contributed by atoms with Crippen molar-refractivity contribution in [3.63, 3.8) is 0 Å². The van der Waals surface area contributed by atoms with Gasteiger partial charge in [-0.1, -0.05) is 18.7 Å². The van der Waals surface area contributed by atoms with Gasteiger partial charge in [-0.2, -0.15) is 0 Å². The molecule has 2 heterocycles. The van der Waals surface area contributed by atoms with Crippen molar-refractivity contribution in [2.45, 2.75) is 26.4 Å². The van der Waals surface area contributed by atoms with Gasteiger partial charge in [0.25, 0.3) is 0 Å². The minimum Gasteiger partial charge on any atom is -0.506 e. The second-order valence-electron chi connectivity index (χ2n) is 7.17. The Bertz CT molecular complexity index is 975. The number of benzene rings is 1. The minimum atomic E-state index is -0.491. The van der Waals surface area contributed by atoms with Crippen LogP contribution in [0.25, 0.3) is 6.08 Å². The van der Waals surface area contributed by atoms with E-state index >= 15 is 0 Å². The summed E-state index contributed by atoms with van der Waals surface area (Å²) in [5.41, 5.74) is 0.631. The average molecular weight is 396 g/mol. The predicted octanol–water partition coefficient (Wildman–Crippen LogP) is 4.61. The van der Waals surface area contributed by atoms with Crippen molar-refractivity contribution in [1.82, 2.24) is 0 Å². The number of fused-ring (bicyclic) bond motifs is 1. The molecule has 0 aliphatic carbocycles. The van der Waals surface area contributed by atoms with Gasteiger partial charge in [0.2, 0.25) is 6.79 Å². The van der Waals surface area contributed by atoms with Crippen molar-refractivity contribution in [3.05, 3.63) is 77.0 Å². The van der Waals surface area contributed by atoms with E-state index in [1.807, 2.05) is 19.9 Å². The fraction of sp³-hybridized carbons (Fsp3) is 0.261. The van der Waals surface area contributed by atoms with E-state index in [0.717, 1.165) is 5.56 Å². The Balaban J connectivity index is 1.92. The lowest BCUT2D eigenvalue weighted by Crippen LogP contribution is -2.24. The number of hydrogen-bond acceptors (Lipinski definition) is 6. The van der Waals surface area contributed by atoms with Crippen LogP contribution in [0.2, 0.25) is 0 Å². The molecule has 0 fully saturated rings. The molecule has 0 aromatic heterocycles. The zero-order valence-corrected chi connectivity index (χ0v) is 16.9. The summed E-state index contributed by atoms with van der Waals surface area (Å²) < 4.78 is 21.6. The van der Waals surface area contributed by atoms with Crippen LogP contribution in [0.15, 0.2) is 71.4 Å². The molecule has 0 radical (unpaired) electrons. The van der Waals surface area contributed by atoms with Gasteiger partial charge < -0.3 is 24.1 Å². The Morgan fingerprint density at radius 3 is 2.69 bits per heavy atom. The van der Waals surface area contributed by atoms with Gasteiger partial charge >= 0.3 is 0 Å². The smallest absolute Gasteiger partial charge is 0.231 e. The molecule has 6 nitrogen and oxygen atoms in total. The summed E-state index contributed by atoms with van der Waals surface area (Å²) in [4.78, 5) is 12.9. The molecule has 2 aliphatic heterocycles. The van der Waals surface area contributed by atoms with Crippen LogP contribution in [0.4, 0.5) is 0 Å². The molecule has 1 N–H and O–H groups in total. The van der Waals surface area contributed by atoms with Crippen LogP contribution in [0.5, 0.6) is 11.5 Å². The lowest BCUT2D eigenvalue weighted by atomic mass is 9.97. The van der Waals surface area contributed by atoms with E-state index in [1.165, 1.54) is 13.2 Å². The van der Waals surface area contributed by atoms with Gasteiger partial charge in [0.1, 0.15) is 28.5 Å². The molecule has 0 bridgehead atoms. The minimum absolute atomic E-state index is 0.0354. The number of hydrogen-bond donors (Lipinski definition) is 1. The summed E-state index contributed by atoms with van der Waals surface area (Å²) in [5.74, 6) is 1.14. The molecule has 2 aliphatic rings. The van der Waals surface area contributed by atoms with Crippen molar-refractivity contribution in [2.75, 3.05) is 13.9 Å². The van der Waals surface area contributed by atoms with Crippen LogP contribution >= 0.6 is 0 Å². The van der Waals surface area contributed by atoms with Crippen LogP contribution in [-0.4, -0.2) is 30.4 Å². The van der Waals surface area contributed by atoms with Gasteiger partial charge in [0, 0.05) is 0 Å². The Morgan fingerprint density at radius 1 is 1.28 bits per heavy atom. The highest BCUT2D eigenvalue weighted by Crippen LogP contribution is 2.33. The van der Waals surface area contributed by atoms with Crippen molar-refractivity contribution in [2.24, 2.45) is 0 Å². The molecule has 1 aromatic carbocycles. The van der Waals surface area contributed by atoms with Crippen LogP contribution in [0, 0.1) is 0 Å². The second kappa shape index (κ2) is 7.91. The largest absolute Gasteiger partial charge is 0.506 e. The molecule has 3 rings (SSSR count). The molecule has 0 saturated carbocycles. The fourth-order valence-corrected chi connectivity index (χ4v) is 3.03. The molecule has 0 spiro atoms. The summed E-state index contributed by atoms with van der Waals surface area (Å²) in [5, 5.41) is 10.8. The monoisotopic (exact) mass is 396 g/mol. The van der Waals surface area contributed by atoms with Gasteiger partial charge in [0.05, 0.1) is 12.7 Å². The molecule has 0 amide bonds. The first-order valence-electron chi connectivity index (χ1n) is 9.10. The molecule has 0 saturated heterocycles. The highest BCUT2D eigenvalue weighted by molar-refractivity contribution is 6.09. The third-order valence-electron chi connectivity index (χ3n) is 4.53. The molecule has 0 atom stereocenters. The van der Waals surface area contributed by atoms with E-state index < -0.39 is 11.4 Å². The average Bonchev–Trinajstić information content (AvgIpc) is 3.13. The first-order chi connectivity index (χ1) is 13.7. The maximum atomic E-state index is 12.9. The summed E-state index contributed by atoms with van der Waals surface area (Å²) in [7, 11) is 1.39. The molecule has 6 heteroatoms. The fourth-order valence-electron chi connectivity index (χ4n) is 3.03. The maximum absolute atomic E-state index is 12.9. The van der Waals surface area contributed by atoms with Crippen molar-refractivity contribution < 1.29 is 28.8 Å². The third-order valence-corrected chi connectivity index (χ3v) is 4.53. The first-order valence-corrected chi connectivity index (χ1v) is 9.10. The topological polar surface area (TPSA) is 74.2 Å². The standard InChI is InChI=1S/C23H24O6/c1-14-17(10-11-23(3,4)29-14)22(25)21(15(2)26-5)18(24)8-6-16-7-9-19-20(12-16)28-13-27-19/h6-12,25H,2,13H2,1,3-5H3/b8-6+,22-21-. The van der Waals surface area contributed by atoms with E-state index in [-0.39, 0.29) is 23.9 Å². The lowest BCUT2D eigenvalue weighted by molar-refractivity contribution is -0.111. The molecular formula is C23H24O6. The van der Waals surface area contributed by atoms with Gasteiger partial charge in [-0.15, -0.1) is 0 Å². The maximum Gasteiger partial charge on any atom is 0.231 e. The Kier molecular flexibility index (Phi) is 5.55. The SMILES string of the molecule is C=C(OC)/C(C(=O)/C=C/c1ccc2c(c1)OCO2)=C(/O)C1=C(C)OC(C)(C)C=C1. The highest BCUT2D eigenvalue weighted by Gasteiger charge is 2.26. The van der Waals surface area contributed by atoms with E-state index in [4.69, 9.17) is 18.9 Å². The normalized spacial score (nSPS) is 17.8. The number of ketones is 1. The van der Waals surface area contributed by atoms with Crippen molar-refractivity contribution in [3.8, 4) is 11.5 Å². The number of carbonyl (C=O) groups is 1. The quantitative estimate of drug-likeness (QED) is 0.430. The number of aliphatic hydroxyl groups is 1. The molecule has 29 heavy (non-hydrogen) atoms. The number of allylic oxidation sites excluding steroid dienone is 4. The second-order valence-corrected chi connectivity index (χ2v) is 7.17. The summed E-state index contributed by atoms with van der Waals surface area (Å²) >= 11 is 0. The molecule has 1 aromatic rings. The number of ether oxygens (including phenoxy) is 4. The number of methoxy groups -OCH3 is 1. The molecule has 0 unspecified atom stereocenters. The van der Waals surface area contributed by atoms with E-state index in [9.17, 15) is 9.90 Å². The van der Waals surface area contributed by atoms with Gasteiger partial charge in [-0.3, -0.25) is 4.79 Å². The van der Waals surface area contributed by atoms with E-state index in [2.05, 4.69) is 6.58 Å². The Hall–Kier alpha value is -3.41. The van der Waals surface area contributed by atoms with Gasteiger partial charge in [0.15, 0.2) is 17.3 Å². The van der Waals surface area contributed by atoms with Crippen LogP contribution in [0.1, 0.15) is 26.3 Å². The number of rotatable bonds is 6. The van der Waals surface area contributed by atoms with Crippen LogP contribution in [-0.2, 0) is 14.3 Å². The Morgan fingerprint density at radius 2 is 2.00 bits per heavy atom. The van der Waals surface area contributed by atoms with Gasteiger partial charge in [-0.25, -0.2) is 0 Å². The van der Waals surface area contributed by atoms with E-state index in [1.54, 1.807) is 37.3 Å². The van der Waals surface area contributed by atoms with Crippen molar-refractivity contribution in [1.29, 1.82) is 0 Å². The summed E-state index contributed by atoms with van der Waals surface area (Å²) in [6, 6.07) is 5.35. The van der Waals surface area contributed by atoms with Crippen LogP contribution in [0.3, 0.4) is 0 Å². The third kappa shape index (κ3) is 4.37. The zero-order valence-electron chi connectivity index (χ0n) is 16.9. The zero-order chi connectivity index (χ0) is 21.2. The molecule has 152 valence electrons. The number of aliphatic hydroxyl groups excluding tert-OH is 1. The lowest BCUT2D eigenvalue weighted by Gasteiger charge is -2.28. The van der Waals surface area contributed by atoms with E-state index in [0.29, 0.717) is 22.8 Å². The van der Waals surface area contributed by atoms with Gasteiger partial charge in [-0.05, 0) is 56.7 Å². The first kappa shape index (κ1) is 20.3. The predicted molar refractivity (Wildman–Crippen MR) is 109 cm³/mol. The highest BCUT2D eigenvalue weighted by atomic mass is 16.7. The summed E-state index contributed by atoms with van der Waals surface area (Å²) in [6.45, 7) is 9.46. The van der Waals surface area contributed by atoms with Crippen molar-refractivity contribution >= 4 is 11.9 Å². The molecular weight excluding hydrogens is 372 g/mol. The van der Waals surface area contributed by atoms with Crippen LogP contribution < -0.4 is 9.47 Å². The summed E-state index contributed by atoms with van der Waals surface area (Å²) in [6.07, 6.45) is 6.51. The number of carbonyl (C=O) groups excluding carboxylic acids is 1. The Labute approximate surface area is 170 Å².